The van der Waals surface area contributed by atoms with Crippen LogP contribution in [0.1, 0.15) is 17.5 Å². The number of benzene rings is 1. The number of likely N-dealkylation sites (N-methyl/N-ethyl adjacent to an activating group) is 1. The van der Waals surface area contributed by atoms with Gasteiger partial charge in [0.25, 0.3) is 0 Å². The van der Waals surface area contributed by atoms with E-state index in [4.69, 9.17) is 9.47 Å². The summed E-state index contributed by atoms with van der Waals surface area (Å²) in [5.41, 5.74) is 2.90. The maximum absolute atomic E-state index is 5.82. The number of methoxy groups -OCH3 is 1. The normalized spacial score (nSPS) is 26.4. The van der Waals surface area contributed by atoms with Gasteiger partial charge in [-0.15, -0.1) is 0 Å². The van der Waals surface area contributed by atoms with Gasteiger partial charge in [0.2, 0.25) is 0 Å². The van der Waals surface area contributed by atoms with Gasteiger partial charge in [-0.25, -0.2) is 0 Å². The SMILES string of the molecule is COc1ccc2c(c1)CC(NCC1CN(C)CCO1)CC2. The van der Waals surface area contributed by atoms with Gasteiger partial charge < -0.3 is 19.7 Å². The molecule has 1 aliphatic heterocycles. The van der Waals surface area contributed by atoms with Gasteiger partial charge in [-0.05, 0) is 49.6 Å². The molecule has 1 fully saturated rings. The summed E-state index contributed by atoms with van der Waals surface area (Å²) in [6.07, 6.45) is 3.79. The van der Waals surface area contributed by atoms with E-state index in [0.717, 1.165) is 44.8 Å². The van der Waals surface area contributed by atoms with Crippen molar-refractivity contribution in [1.29, 1.82) is 0 Å². The number of fused-ring (bicyclic) bond motifs is 1. The zero-order chi connectivity index (χ0) is 14.7. The third kappa shape index (κ3) is 3.76. The van der Waals surface area contributed by atoms with Crippen molar-refractivity contribution in [2.45, 2.75) is 31.4 Å². The minimum Gasteiger partial charge on any atom is -0.497 e. The molecule has 116 valence electrons. The van der Waals surface area contributed by atoms with Crippen LogP contribution in [0.3, 0.4) is 0 Å². The maximum atomic E-state index is 5.82. The van der Waals surface area contributed by atoms with Crippen molar-refractivity contribution in [2.24, 2.45) is 0 Å². The Labute approximate surface area is 127 Å². The average Bonchev–Trinajstić information content (AvgIpc) is 2.52. The first-order chi connectivity index (χ1) is 10.2. The lowest BCUT2D eigenvalue weighted by atomic mass is 9.88. The zero-order valence-electron chi connectivity index (χ0n) is 13.1. The van der Waals surface area contributed by atoms with E-state index in [-0.39, 0.29) is 0 Å². The van der Waals surface area contributed by atoms with Crippen molar-refractivity contribution in [3.63, 3.8) is 0 Å². The van der Waals surface area contributed by atoms with Gasteiger partial charge in [-0.3, -0.25) is 0 Å². The van der Waals surface area contributed by atoms with Gasteiger partial charge >= 0.3 is 0 Å². The molecule has 0 amide bonds. The van der Waals surface area contributed by atoms with Crippen LogP contribution >= 0.6 is 0 Å². The highest BCUT2D eigenvalue weighted by atomic mass is 16.5. The second-order valence-corrected chi connectivity index (χ2v) is 6.24. The third-order valence-corrected chi connectivity index (χ3v) is 4.62. The van der Waals surface area contributed by atoms with Crippen molar-refractivity contribution in [2.75, 3.05) is 40.4 Å². The predicted molar refractivity (Wildman–Crippen MR) is 84.0 cm³/mol. The zero-order valence-corrected chi connectivity index (χ0v) is 13.1. The Balaban J connectivity index is 1.53. The molecule has 21 heavy (non-hydrogen) atoms. The largest absolute Gasteiger partial charge is 0.497 e. The molecule has 2 aliphatic rings. The van der Waals surface area contributed by atoms with Crippen LogP contribution < -0.4 is 10.1 Å². The molecule has 1 aliphatic carbocycles. The first-order valence-electron chi connectivity index (χ1n) is 7.94. The van der Waals surface area contributed by atoms with Crippen LogP contribution in [-0.2, 0) is 17.6 Å². The number of rotatable bonds is 4. The van der Waals surface area contributed by atoms with Crippen LogP contribution in [0.4, 0.5) is 0 Å². The van der Waals surface area contributed by atoms with Gasteiger partial charge in [0.15, 0.2) is 0 Å². The number of hydrogen-bond donors (Lipinski definition) is 1. The summed E-state index contributed by atoms with van der Waals surface area (Å²) in [5.74, 6) is 0.964. The molecule has 1 heterocycles. The molecule has 0 saturated carbocycles. The molecule has 4 heteroatoms. The topological polar surface area (TPSA) is 33.7 Å². The minimum absolute atomic E-state index is 0.329. The number of hydrogen-bond acceptors (Lipinski definition) is 4. The van der Waals surface area contributed by atoms with Gasteiger partial charge in [0.05, 0.1) is 19.8 Å². The monoisotopic (exact) mass is 290 g/mol. The maximum Gasteiger partial charge on any atom is 0.119 e. The summed E-state index contributed by atoms with van der Waals surface area (Å²) in [6.45, 7) is 3.89. The summed E-state index contributed by atoms with van der Waals surface area (Å²) in [7, 11) is 3.90. The fourth-order valence-electron chi connectivity index (χ4n) is 3.32. The van der Waals surface area contributed by atoms with Crippen LogP contribution in [0.15, 0.2) is 18.2 Å². The van der Waals surface area contributed by atoms with Crippen LogP contribution in [-0.4, -0.2) is 57.4 Å². The molecule has 0 bridgehead atoms. The highest BCUT2D eigenvalue weighted by Gasteiger charge is 2.22. The average molecular weight is 290 g/mol. The molecule has 1 aromatic carbocycles. The Kier molecular flexibility index (Phi) is 4.78. The minimum atomic E-state index is 0.329. The number of nitrogens with zero attached hydrogens (tertiary/aromatic N) is 1. The lowest BCUT2D eigenvalue weighted by molar-refractivity contribution is -0.0194. The molecule has 1 N–H and O–H groups in total. The summed E-state index contributed by atoms with van der Waals surface area (Å²) in [5, 5.41) is 3.70. The lowest BCUT2D eigenvalue weighted by Crippen LogP contribution is -2.47. The third-order valence-electron chi connectivity index (χ3n) is 4.62. The lowest BCUT2D eigenvalue weighted by Gasteiger charge is -2.32. The van der Waals surface area contributed by atoms with Crippen molar-refractivity contribution in [1.82, 2.24) is 10.2 Å². The standard InChI is InChI=1S/C17H26N2O2/c1-19-7-8-21-17(12-19)11-18-15-5-3-13-4-6-16(20-2)10-14(13)9-15/h4,6,10,15,17-18H,3,5,7-9,11-12H2,1-2H3. The second kappa shape index (κ2) is 6.77. The van der Waals surface area contributed by atoms with E-state index >= 15 is 0 Å². The molecule has 0 aromatic heterocycles. The summed E-state index contributed by atoms with van der Waals surface area (Å²) >= 11 is 0. The fraction of sp³-hybridized carbons (Fsp3) is 0.647. The van der Waals surface area contributed by atoms with Crippen LogP contribution in [0.2, 0.25) is 0 Å². The van der Waals surface area contributed by atoms with E-state index in [0.29, 0.717) is 12.1 Å². The van der Waals surface area contributed by atoms with Crippen molar-refractivity contribution < 1.29 is 9.47 Å². The van der Waals surface area contributed by atoms with Crippen LogP contribution in [0.5, 0.6) is 5.75 Å². The quantitative estimate of drug-likeness (QED) is 0.910. The molecule has 1 aromatic rings. The molecule has 4 nitrogen and oxygen atoms in total. The number of nitrogens with one attached hydrogen (secondary N) is 1. The molecule has 2 atom stereocenters. The number of morpholine rings is 1. The summed E-state index contributed by atoms with van der Waals surface area (Å²) < 4.78 is 11.2. The first kappa shape index (κ1) is 14.8. The predicted octanol–water partition coefficient (Wildman–Crippen LogP) is 1.47. The van der Waals surface area contributed by atoms with Crippen LogP contribution in [0, 0.1) is 0 Å². The Morgan fingerprint density at radius 3 is 3.10 bits per heavy atom. The van der Waals surface area contributed by atoms with E-state index < -0.39 is 0 Å². The van der Waals surface area contributed by atoms with Gasteiger partial charge in [0.1, 0.15) is 5.75 Å². The van der Waals surface area contributed by atoms with Crippen molar-refractivity contribution in [3.05, 3.63) is 29.3 Å². The Hall–Kier alpha value is -1.10. The number of ether oxygens (including phenoxy) is 2. The Morgan fingerprint density at radius 1 is 1.38 bits per heavy atom. The van der Waals surface area contributed by atoms with E-state index in [2.05, 4.69) is 35.5 Å². The van der Waals surface area contributed by atoms with E-state index in [9.17, 15) is 0 Å². The highest BCUT2D eigenvalue weighted by molar-refractivity contribution is 5.37. The molecule has 1 saturated heterocycles. The number of aryl methyl sites for hydroxylation is 1. The highest BCUT2D eigenvalue weighted by Crippen LogP contribution is 2.25. The first-order valence-corrected chi connectivity index (χ1v) is 7.94. The Morgan fingerprint density at radius 2 is 2.29 bits per heavy atom. The summed E-state index contributed by atoms with van der Waals surface area (Å²) in [4.78, 5) is 2.34. The molecular formula is C17H26N2O2. The van der Waals surface area contributed by atoms with Crippen molar-refractivity contribution >= 4 is 0 Å². The van der Waals surface area contributed by atoms with Gasteiger partial charge in [-0.1, -0.05) is 6.07 Å². The smallest absolute Gasteiger partial charge is 0.119 e. The molecule has 2 unspecified atom stereocenters. The van der Waals surface area contributed by atoms with Crippen LogP contribution in [0.25, 0.3) is 0 Å². The van der Waals surface area contributed by atoms with Gasteiger partial charge in [0, 0.05) is 25.7 Å². The van der Waals surface area contributed by atoms with Gasteiger partial charge in [-0.2, -0.15) is 0 Å². The fourth-order valence-corrected chi connectivity index (χ4v) is 3.32. The van der Waals surface area contributed by atoms with Crippen molar-refractivity contribution in [3.8, 4) is 5.75 Å². The van der Waals surface area contributed by atoms with E-state index in [1.54, 1.807) is 7.11 Å². The Bertz CT molecular complexity index is 478. The molecule has 0 spiro atoms. The molecule has 3 rings (SSSR count). The summed E-state index contributed by atoms with van der Waals surface area (Å²) in [6, 6.07) is 7.02. The molecule has 0 radical (unpaired) electrons. The van der Waals surface area contributed by atoms with E-state index in [1.165, 1.54) is 17.5 Å². The van der Waals surface area contributed by atoms with E-state index in [1.807, 2.05) is 0 Å². The molecular weight excluding hydrogens is 264 g/mol. The second-order valence-electron chi connectivity index (χ2n) is 6.24.